The van der Waals surface area contributed by atoms with E-state index >= 15 is 0 Å². The third-order valence-electron chi connectivity index (χ3n) is 2.40. The first kappa shape index (κ1) is 9.85. The number of amides is 1. The number of rotatable bonds is 4. The lowest BCUT2D eigenvalue weighted by Crippen LogP contribution is -2.33. The second-order valence-corrected chi connectivity index (χ2v) is 4.27. The summed E-state index contributed by atoms with van der Waals surface area (Å²) in [6.07, 6.45) is 2.32. The van der Waals surface area contributed by atoms with Crippen molar-refractivity contribution in [3.63, 3.8) is 0 Å². The molecule has 1 saturated carbocycles. The van der Waals surface area contributed by atoms with Gasteiger partial charge in [0.25, 0.3) is 0 Å². The Morgan fingerprint density at radius 3 is 2.50 bits per heavy atom. The number of hydrogen-bond donors (Lipinski definition) is 1. The molecule has 0 aromatic carbocycles. The van der Waals surface area contributed by atoms with Crippen LogP contribution in [0.1, 0.15) is 26.7 Å². The maximum atomic E-state index is 11.2. The van der Waals surface area contributed by atoms with Gasteiger partial charge in [-0.15, -0.1) is 11.6 Å². The summed E-state index contributed by atoms with van der Waals surface area (Å²) in [6.45, 7) is 4.55. The van der Waals surface area contributed by atoms with Gasteiger partial charge in [-0.1, -0.05) is 13.8 Å². The van der Waals surface area contributed by atoms with Crippen LogP contribution in [-0.2, 0) is 4.79 Å². The zero-order chi connectivity index (χ0) is 9.19. The lowest BCUT2D eigenvalue weighted by atomic mass is 10.1. The lowest BCUT2D eigenvalue weighted by molar-refractivity contribution is -0.124. The van der Waals surface area contributed by atoms with Gasteiger partial charge in [-0.05, 0) is 12.8 Å². The average Bonchev–Trinajstić information content (AvgIpc) is 2.81. The molecule has 0 aromatic rings. The number of alkyl halides is 1. The molecule has 1 aliphatic rings. The third kappa shape index (κ3) is 2.37. The van der Waals surface area contributed by atoms with E-state index in [-0.39, 0.29) is 17.2 Å². The lowest BCUT2D eigenvalue weighted by Gasteiger charge is -2.13. The Bertz CT molecular complexity index is 175. The van der Waals surface area contributed by atoms with Gasteiger partial charge >= 0.3 is 0 Å². The molecule has 0 spiro atoms. The van der Waals surface area contributed by atoms with Crippen LogP contribution in [0.2, 0.25) is 0 Å². The molecule has 0 saturated heterocycles. The van der Waals surface area contributed by atoms with Crippen LogP contribution in [0.25, 0.3) is 0 Å². The van der Waals surface area contributed by atoms with Crippen LogP contribution < -0.4 is 5.32 Å². The van der Waals surface area contributed by atoms with E-state index in [0.29, 0.717) is 5.88 Å². The SMILES string of the molecule is CC(C)C(=O)NCC1(CCl)CC1. The molecule has 70 valence electrons. The number of halogens is 1. The highest BCUT2D eigenvalue weighted by Crippen LogP contribution is 2.45. The summed E-state index contributed by atoms with van der Waals surface area (Å²) >= 11 is 5.77. The van der Waals surface area contributed by atoms with E-state index in [1.54, 1.807) is 0 Å². The summed E-state index contributed by atoms with van der Waals surface area (Å²) in [5.41, 5.74) is 0.242. The summed E-state index contributed by atoms with van der Waals surface area (Å²) in [6, 6.07) is 0. The van der Waals surface area contributed by atoms with Crippen molar-refractivity contribution in [2.24, 2.45) is 11.3 Å². The second kappa shape index (κ2) is 3.65. The summed E-state index contributed by atoms with van der Waals surface area (Å²) in [7, 11) is 0. The van der Waals surface area contributed by atoms with E-state index in [2.05, 4.69) is 5.32 Å². The molecule has 1 aliphatic carbocycles. The molecule has 12 heavy (non-hydrogen) atoms. The predicted molar refractivity (Wildman–Crippen MR) is 50.2 cm³/mol. The van der Waals surface area contributed by atoms with Crippen molar-refractivity contribution in [1.29, 1.82) is 0 Å². The number of carbonyl (C=O) groups excluding carboxylic acids is 1. The van der Waals surface area contributed by atoms with Crippen LogP contribution >= 0.6 is 11.6 Å². The van der Waals surface area contributed by atoms with Crippen LogP contribution in [-0.4, -0.2) is 18.3 Å². The minimum Gasteiger partial charge on any atom is -0.355 e. The van der Waals surface area contributed by atoms with Crippen molar-refractivity contribution in [3.05, 3.63) is 0 Å². The van der Waals surface area contributed by atoms with Crippen LogP contribution in [0.4, 0.5) is 0 Å². The molecule has 0 aromatic heterocycles. The Morgan fingerprint density at radius 2 is 2.17 bits per heavy atom. The molecule has 1 N–H and O–H groups in total. The minimum absolute atomic E-state index is 0.0797. The zero-order valence-corrected chi connectivity index (χ0v) is 8.45. The molecule has 0 aliphatic heterocycles. The van der Waals surface area contributed by atoms with Gasteiger partial charge in [0.1, 0.15) is 0 Å². The Balaban J connectivity index is 2.21. The highest BCUT2D eigenvalue weighted by atomic mass is 35.5. The van der Waals surface area contributed by atoms with Crippen molar-refractivity contribution < 1.29 is 4.79 Å². The minimum atomic E-state index is 0.0797. The van der Waals surface area contributed by atoms with Crippen LogP contribution in [0.5, 0.6) is 0 Å². The van der Waals surface area contributed by atoms with Crippen LogP contribution in [0.3, 0.4) is 0 Å². The number of nitrogens with one attached hydrogen (secondary N) is 1. The van der Waals surface area contributed by atoms with E-state index in [4.69, 9.17) is 11.6 Å². The Kier molecular flexibility index (Phi) is 2.99. The van der Waals surface area contributed by atoms with Gasteiger partial charge in [0.15, 0.2) is 0 Å². The number of hydrogen-bond acceptors (Lipinski definition) is 1. The molecule has 1 fully saturated rings. The summed E-state index contributed by atoms with van der Waals surface area (Å²) < 4.78 is 0. The molecule has 1 rings (SSSR count). The summed E-state index contributed by atoms with van der Waals surface area (Å²) in [5.74, 6) is 0.883. The molecule has 0 unspecified atom stereocenters. The maximum Gasteiger partial charge on any atom is 0.222 e. The first-order valence-electron chi connectivity index (χ1n) is 4.43. The molecule has 1 amide bonds. The monoisotopic (exact) mass is 189 g/mol. The summed E-state index contributed by atoms with van der Waals surface area (Å²) in [4.78, 5) is 11.2. The van der Waals surface area contributed by atoms with E-state index in [9.17, 15) is 4.79 Å². The van der Waals surface area contributed by atoms with Crippen molar-refractivity contribution in [2.45, 2.75) is 26.7 Å². The maximum absolute atomic E-state index is 11.2. The van der Waals surface area contributed by atoms with Gasteiger partial charge in [0.2, 0.25) is 5.91 Å². The van der Waals surface area contributed by atoms with Gasteiger partial charge in [-0.25, -0.2) is 0 Å². The molecule has 0 bridgehead atoms. The fourth-order valence-electron chi connectivity index (χ4n) is 1.01. The molecule has 2 nitrogen and oxygen atoms in total. The van der Waals surface area contributed by atoms with Gasteiger partial charge in [0, 0.05) is 23.8 Å². The van der Waals surface area contributed by atoms with Crippen LogP contribution in [0, 0.1) is 11.3 Å². The Morgan fingerprint density at radius 1 is 1.58 bits per heavy atom. The van der Waals surface area contributed by atoms with E-state index < -0.39 is 0 Å². The Hall–Kier alpha value is -0.240. The second-order valence-electron chi connectivity index (χ2n) is 4.01. The van der Waals surface area contributed by atoms with Gasteiger partial charge in [-0.2, -0.15) is 0 Å². The average molecular weight is 190 g/mol. The van der Waals surface area contributed by atoms with E-state index in [1.807, 2.05) is 13.8 Å². The fraction of sp³-hybridized carbons (Fsp3) is 0.889. The smallest absolute Gasteiger partial charge is 0.222 e. The normalized spacial score (nSPS) is 19.3. The van der Waals surface area contributed by atoms with Crippen molar-refractivity contribution in [3.8, 4) is 0 Å². The van der Waals surface area contributed by atoms with Gasteiger partial charge < -0.3 is 5.32 Å². The van der Waals surface area contributed by atoms with E-state index in [1.165, 1.54) is 0 Å². The molecular formula is C9H16ClNO. The largest absolute Gasteiger partial charge is 0.355 e. The van der Waals surface area contributed by atoms with Crippen molar-refractivity contribution in [2.75, 3.05) is 12.4 Å². The van der Waals surface area contributed by atoms with Crippen molar-refractivity contribution in [1.82, 2.24) is 5.32 Å². The highest BCUT2D eigenvalue weighted by Gasteiger charge is 2.41. The van der Waals surface area contributed by atoms with Crippen molar-refractivity contribution >= 4 is 17.5 Å². The first-order chi connectivity index (χ1) is 5.59. The Labute approximate surface area is 78.7 Å². The molecule has 0 heterocycles. The zero-order valence-electron chi connectivity index (χ0n) is 7.69. The molecular weight excluding hydrogens is 174 g/mol. The first-order valence-corrected chi connectivity index (χ1v) is 4.97. The van der Waals surface area contributed by atoms with Crippen LogP contribution in [0.15, 0.2) is 0 Å². The molecule has 3 heteroatoms. The molecule has 0 atom stereocenters. The highest BCUT2D eigenvalue weighted by molar-refractivity contribution is 6.18. The predicted octanol–water partition coefficient (Wildman–Crippen LogP) is 1.78. The topological polar surface area (TPSA) is 29.1 Å². The van der Waals surface area contributed by atoms with E-state index in [0.717, 1.165) is 19.4 Å². The number of carbonyl (C=O) groups is 1. The standard InChI is InChI=1S/C9H16ClNO/c1-7(2)8(12)11-6-9(5-10)3-4-9/h7H,3-6H2,1-2H3,(H,11,12). The summed E-state index contributed by atoms with van der Waals surface area (Å²) in [5, 5.41) is 2.91. The quantitative estimate of drug-likeness (QED) is 0.672. The van der Waals surface area contributed by atoms with Gasteiger partial charge in [0.05, 0.1) is 0 Å². The van der Waals surface area contributed by atoms with Gasteiger partial charge in [-0.3, -0.25) is 4.79 Å². The fourth-order valence-corrected chi connectivity index (χ4v) is 1.37. The molecule has 0 radical (unpaired) electrons. The third-order valence-corrected chi connectivity index (χ3v) is 2.97.